The van der Waals surface area contributed by atoms with E-state index in [0.717, 1.165) is 73.2 Å². The van der Waals surface area contributed by atoms with Crippen LogP contribution in [-0.2, 0) is 19.1 Å². The summed E-state index contributed by atoms with van der Waals surface area (Å²) in [6, 6.07) is 15.2. The van der Waals surface area contributed by atoms with E-state index >= 15 is 0 Å². The number of ether oxygens (including phenoxy) is 2. The average molecular weight is 837 g/mol. The summed E-state index contributed by atoms with van der Waals surface area (Å²) >= 11 is 1.62. The van der Waals surface area contributed by atoms with Crippen LogP contribution < -0.4 is 10.6 Å². The molecule has 0 saturated carbocycles. The van der Waals surface area contributed by atoms with Gasteiger partial charge in [-0.05, 0) is 77.3 Å². The molecule has 2 fully saturated rings. The topological polar surface area (TPSA) is 175 Å². The molecule has 3 aromatic heterocycles. The van der Waals surface area contributed by atoms with Gasteiger partial charge in [-0.15, -0.1) is 11.3 Å². The highest BCUT2D eigenvalue weighted by atomic mass is 32.1. The fourth-order valence-corrected chi connectivity index (χ4v) is 9.60. The largest absolute Gasteiger partial charge is 0.453 e. The lowest BCUT2D eigenvalue weighted by Gasteiger charge is -2.30. The van der Waals surface area contributed by atoms with Gasteiger partial charge in [0.05, 0.1) is 43.7 Å². The maximum Gasteiger partial charge on any atom is 0.407 e. The number of methoxy groups -OCH3 is 2. The Balaban J connectivity index is 1.04. The Morgan fingerprint density at radius 2 is 1.28 bits per heavy atom. The number of likely N-dealkylation sites (tertiary alicyclic amines) is 2. The number of aromatic nitrogens is 4. The number of thiophene rings is 1. The summed E-state index contributed by atoms with van der Waals surface area (Å²) in [6.07, 6.45) is 2.13. The number of aryl methyl sites for hydroxylation is 1. The van der Waals surface area contributed by atoms with E-state index in [2.05, 4.69) is 89.9 Å². The van der Waals surface area contributed by atoms with E-state index in [1.54, 1.807) is 11.3 Å². The number of imidazole rings is 2. The number of nitrogens with one attached hydrogen (secondary N) is 4. The first-order valence-corrected chi connectivity index (χ1v) is 21.5. The van der Waals surface area contributed by atoms with E-state index in [0.29, 0.717) is 13.1 Å². The van der Waals surface area contributed by atoms with E-state index in [-0.39, 0.29) is 47.6 Å². The van der Waals surface area contributed by atoms with Crippen molar-refractivity contribution < 1.29 is 28.7 Å². The summed E-state index contributed by atoms with van der Waals surface area (Å²) in [4.78, 5) is 73.9. The van der Waals surface area contributed by atoms with Gasteiger partial charge in [-0.2, -0.15) is 0 Å². The quantitative estimate of drug-likeness (QED) is 0.103. The number of alkyl carbamates (subject to hydrolysis) is 2. The zero-order chi connectivity index (χ0) is 43.0. The molecule has 5 heterocycles. The minimum Gasteiger partial charge on any atom is -0.453 e. The van der Waals surface area contributed by atoms with Crippen molar-refractivity contribution in [2.75, 3.05) is 27.3 Å². The summed E-state index contributed by atoms with van der Waals surface area (Å²) in [5.41, 5.74) is 7.26. The summed E-state index contributed by atoms with van der Waals surface area (Å²) < 4.78 is 9.58. The van der Waals surface area contributed by atoms with Gasteiger partial charge in [0.2, 0.25) is 11.8 Å². The lowest BCUT2D eigenvalue weighted by atomic mass is 9.97. The van der Waals surface area contributed by atoms with Gasteiger partial charge in [-0.3, -0.25) is 9.59 Å². The number of amides is 4. The number of rotatable bonds is 11. The van der Waals surface area contributed by atoms with Crippen LogP contribution in [-0.4, -0.2) is 93.1 Å². The van der Waals surface area contributed by atoms with Crippen LogP contribution in [0.3, 0.4) is 0 Å². The molecular formula is C45H56N8O6S. The Kier molecular flexibility index (Phi) is 12.4. The van der Waals surface area contributed by atoms with Gasteiger partial charge in [-0.25, -0.2) is 19.6 Å². The van der Waals surface area contributed by atoms with E-state index in [9.17, 15) is 19.2 Å². The summed E-state index contributed by atoms with van der Waals surface area (Å²) in [7, 11) is 2.59. The van der Waals surface area contributed by atoms with Crippen molar-refractivity contribution in [1.29, 1.82) is 0 Å². The molecule has 2 aliphatic rings. The van der Waals surface area contributed by atoms with E-state index < -0.39 is 24.3 Å². The van der Waals surface area contributed by atoms with Crippen LogP contribution in [0.1, 0.15) is 83.7 Å². The Morgan fingerprint density at radius 3 is 1.80 bits per heavy atom. The number of benzene rings is 2. The standard InChI is InChI=1S/C45H56N8O6S/c1-23(2)37(49-44(56)58-8)42(54)52-21-25(5)16-34(52)39-46-20-33(48-39)29-12-10-28(11-13-29)31-15-14-30(18-27(31)7)36-19-32-41(60-36)51-40(47-32)35-17-26(6)22-53(35)43(55)38(24(3)4)50-45(57)59-9/h10-15,18-20,23-26,34-35,37-38H,16-17,21-22H2,1-9H3,(H,46,48)(H,47,51)(H,49,56)(H,50,57)/t25-,26+,34-,35+,37-,38+/m1/s1. The first-order chi connectivity index (χ1) is 28.6. The number of fused-ring (bicyclic) bond motifs is 1. The van der Waals surface area contributed by atoms with Crippen LogP contribution in [0.25, 0.3) is 43.2 Å². The monoisotopic (exact) mass is 836 g/mol. The lowest BCUT2D eigenvalue weighted by Crippen LogP contribution is -2.51. The van der Waals surface area contributed by atoms with Gasteiger partial charge >= 0.3 is 12.2 Å². The molecule has 60 heavy (non-hydrogen) atoms. The first kappa shape index (κ1) is 42.4. The zero-order valence-electron chi connectivity index (χ0n) is 35.8. The number of carbonyl (C=O) groups excluding carboxylic acids is 4. The lowest BCUT2D eigenvalue weighted by molar-refractivity contribution is -0.136. The van der Waals surface area contributed by atoms with E-state index in [1.165, 1.54) is 14.2 Å². The summed E-state index contributed by atoms with van der Waals surface area (Å²) in [6.45, 7) is 15.2. The normalized spacial score (nSPS) is 20.2. The molecule has 5 aromatic rings. The van der Waals surface area contributed by atoms with Gasteiger partial charge in [0.25, 0.3) is 0 Å². The summed E-state index contributed by atoms with van der Waals surface area (Å²) in [5, 5.41) is 5.44. The maximum atomic E-state index is 13.7. The van der Waals surface area contributed by atoms with Crippen molar-refractivity contribution in [3.63, 3.8) is 0 Å². The number of H-pyrrole nitrogens is 2. The predicted octanol–water partition coefficient (Wildman–Crippen LogP) is 8.24. The van der Waals surface area contributed by atoms with Crippen LogP contribution in [0.15, 0.2) is 54.7 Å². The average Bonchev–Trinajstić information content (AvgIpc) is 4.07. The fourth-order valence-electron chi connectivity index (χ4n) is 8.61. The van der Waals surface area contributed by atoms with Crippen LogP contribution in [0.4, 0.5) is 9.59 Å². The fraction of sp³-hybridized carbons (Fsp3) is 0.467. The Bertz CT molecular complexity index is 2330. The van der Waals surface area contributed by atoms with Gasteiger partial charge in [0.1, 0.15) is 28.6 Å². The predicted molar refractivity (Wildman–Crippen MR) is 232 cm³/mol. The molecule has 15 heteroatoms. The van der Waals surface area contributed by atoms with Gasteiger partial charge < -0.3 is 39.9 Å². The Morgan fingerprint density at radius 1 is 0.750 bits per heavy atom. The second kappa shape index (κ2) is 17.5. The van der Waals surface area contributed by atoms with Gasteiger partial charge in [0, 0.05) is 18.0 Å². The number of carbonyl (C=O) groups is 4. The molecule has 2 aromatic carbocycles. The highest BCUT2D eigenvalue weighted by Crippen LogP contribution is 2.40. The molecule has 4 N–H and O–H groups in total. The van der Waals surface area contributed by atoms with E-state index in [4.69, 9.17) is 19.4 Å². The minimum atomic E-state index is -0.698. The Hall–Kier alpha value is -5.70. The maximum absolute atomic E-state index is 13.7. The molecule has 2 aliphatic heterocycles. The second-order valence-corrected chi connectivity index (χ2v) is 18.2. The van der Waals surface area contributed by atoms with Crippen LogP contribution in [0.5, 0.6) is 0 Å². The zero-order valence-corrected chi connectivity index (χ0v) is 36.6. The molecule has 2 saturated heterocycles. The second-order valence-electron chi connectivity index (χ2n) is 17.2. The number of hydrogen-bond donors (Lipinski definition) is 4. The highest BCUT2D eigenvalue weighted by molar-refractivity contribution is 7.21. The first-order valence-electron chi connectivity index (χ1n) is 20.7. The third-order valence-corrected chi connectivity index (χ3v) is 12.9. The molecule has 14 nitrogen and oxygen atoms in total. The molecule has 0 bridgehead atoms. The number of hydrogen-bond acceptors (Lipinski definition) is 9. The molecule has 7 rings (SSSR count). The van der Waals surface area contributed by atoms with Crippen molar-refractivity contribution in [2.45, 2.75) is 85.5 Å². The molecular weight excluding hydrogens is 781 g/mol. The molecule has 0 unspecified atom stereocenters. The molecule has 4 amide bonds. The van der Waals surface area contributed by atoms with Crippen LogP contribution in [0, 0.1) is 30.6 Å². The molecule has 6 atom stereocenters. The SMILES string of the molecule is COC(=O)N[C@H](C(=O)N1C[C@@H](C)C[C@H]1c1nc2sc(-c3ccc(-c4ccc(-c5cnc([C@H]6C[C@@H](C)CN6C(=O)[C@H](NC(=O)OC)C(C)C)[nH]5)cc4)c(C)c3)cc2[nH]1)C(C)C. The van der Waals surface area contributed by atoms with Crippen molar-refractivity contribution >= 4 is 45.7 Å². The molecule has 0 aliphatic carbocycles. The third-order valence-electron chi connectivity index (χ3n) is 11.8. The highest BCUT2D eigenvalue weighted by Gasteiger charge is 2.41. The van der Waals surface area contributed by atoms with Gasteiger partial charge in [0.15, 0.2) is 0 Å². The molecule has 0 spiro atoms. The van der Waals surface area contributed by atoms with E-state index in [1.807, 2.05) is 43.7 Å². The summed E-state index contributed by atoms with van der Waals surface area (Å²) in [5.74, 6) is 1.57. The Labute approximate surface area is 354 Å². The minimum absolute atomic E-state index is 0.108. The number of nitrogens with zero attached hydrogens (tertiary/aromatic N) is 4. The van der Waals surface area contributed by atoms with Crippen LogP contribution in [0.2, 0.25) is 0 Å². The molecule has 0 radical (unpaired) electrons. The third kappa shape index (κ3) is 8.63. The van der Waals surface area contributed by atoms with Crippen molar-refractivity contribution in [3.05, 3.63) is 71.9 Å². The van der Waals surface area contributed by atoms with Crippen molar-refractivity contribution in [3.8, 4) is 32.8 Å². The molecule has 318 valence electrons. The smallest absolute Gasteiger partial charge is 0.407 e. The number of aromatic amines is 2. The van der Waals surface area contributed by atoms with Crippen molar-refractivity contribution in [2.24, 2.45) is 23.7 Å². The van der Waals surface area contributed by atoms with Gasteiger partial charge in [-0.1, -0.05) is 84.0 Å². The van der Waals surface area contributed by atoms with Crippen LogP contribution >= 0.6 is 11.3 Å². The van der Waals surface area contributed by atoms with Crippen molar-refractivity contribution in [1.82, 2.24) is 40.4 Å².